The van der Waals surface area contributed by atoms with E-state index in [0.717, 1.165) is 4.47 Å². The summed E-state index contributed by atoms with van der Waals surface area (Å²) in [5.41, 5.74) is 1.32. The van der Waals surface area contributed by atoms with Gasteiger partial charge in [-0.3, -0.25) is 9.59 Å². The maximum Gasteiger partial charge on any atom is 0.270 e. The van der Waals surface area contributed by atoms with Crippen LogP contribution in [0.2, 0.25) is 0 Å². The van der Waals surface area contributed by atoms with Gasteiger partial charge in [0.05, 0.1) is 26.4 Å². The fraction of sp³-hybridized carbons (Fsp3) is 0.0625. The van der Waals surface area contributed by atoms with Gasteiger partial charge in [0.25, 0.3) is 5.56 Å². The molecule has 24 heavy (non-hydrogen) atoms. The number of carbonyl (C=O) groups is 1. The maximum absolute atomic E-state index is 12.4. The SMILES string of the molecule is O=C(Cc1nc2ccc(Br)cc2[nH]c1=O)c1cc(Br)c(O)c(Br)c1. The number of halogens is 3. The first-order chi connectivity index (χ1) is 11.3. The van der Waals surface area contributed by atoms with Crippen LogP contribution in [0.4, 0.5) is 0 Å². The molecule has 0 amide bonds. The highest BCUT2D eigenvalue weighted by atomic mass is 79.9. The van der Waals surface area contributed by atoms with E-state index < -0.39 is 5.56 Å². The van der Waals surface area contributed by atoms with Crippen molar-refractivity contribution in [2.45, 2.75) is 6.42 Å². The van der Waals surface area contributed by atoms with Crippen LogP contribution in [-0.2, 0) is 6.42 Å². The smallest absolute Gasteiger partial charge is 0.270 e. The van der Waals surface area contributed by atoms with Crippen molar-refractivity contribution in [3.63, 3.8) is 0 Å². The first-order valence-corrected chi connectivity index (χ1v) is 9.12. The van der Waals surface area contributed by atoms with E-state index >= 15 is 0 Å². The number of fused-ring (bicyclic) bond motifs is 1. The van der Waals surface area contributed by atoms with E-state index in [1.165, 1.54) is 12.1 Å². The molecular formula is C16H9Br3N2O3. The lowest BCUT2D eigenvalue weighted by molar-refractivity contribution is 0.0991. The minimum Gasteiger partial charge on any atom is -0.506 e. The van der Waals surface area contributed by atoms with Gasteiger partial charge in [-0.2, -0.15) is 0 Å². The van der Waals surface area contributed by atoms with Crippen LogP contribution < -0.4 is 5.56 Å². The fourth-order valence-corrected chi connectivity index (χ4v) is 3.74. The van der Waals surface area contributed by atoms with Crippen LogP contribution in [0.15, 0.2) is 48.5 Å². The van der Waals surface area contributed by atoms with Gasteiger partial charge in [0.2, 0.25) is 0 Å². The molecule has 1 heterocycles. The predicted molar refractivity (Wildman–Crippen MR) is 102 cm³/mol. The summed E-state index contributed by atoms with van der Waals surface area (Å²) in [4.78, 5) is 31.6. The molecule has 0 radical (unpaired) electrons. The molecule has 0 saturated heterocycles. The van der Waals surface area contributed by atoms with Gasteiger partial charge in [-0.05, 0) is 62.2 Å². The van der Waals surface area contributed by atoms with E-state index in [2.05, 4.69) is 57.8 Å². The van der Waals surface area contributed by atoms with Gasteiger partial charge in [0.15, 0.2) is 5.78 Å². The Morgan fingerprint density at radius 1 is 1.12 bits per heavy atom. The number of H-pyrrole nitrogens is 1. The van der Waals surface area contributed by atoms with Crippen LogP contribution in [0.3, 0.4) is 0 Å². The number of phenolic OH excluding ortho intramolecular Hbond substituents is 1. The third-order valence-corrected chi connectivity index (χ3v) is 5.09. The number of aromatic amines is 1. The molecule has 0 aliphatic carbocycles. The Bertz CT molecular complexity index is 1010. The molecule has 0 atom stereocenters. The number of carbonyl (C=O) groups excluding carboxylic acids is 1. The van der Waals surface area contributed by atoms with Gasteiger partial charge >= 0.3 is 0 Å². The summed E-state index contributed by atoms with van der Waals surface area (Å²) in [6.07, 6.45) is -0.134. The van der Waals surface area contributed by atoms with Crippen molar-refractivity contribution < 1.29 is 9.90 Å². The summed E-state index contributed by atoms with van der Waals surface area (Å²) in [6.45, 7) is 0. The second-order valence-electron chi connectivity index (χ2n) is 5.06. The lowest BCUT2D eigenvalue weighted by atomic mass is 10.1. The zero-order valence-corrected chi connectivity index (χ0v) is 16.7. The number of Topliss-reactive ketones (excluding diaryl/α,β-unsaturated/α-hetero) is 1. The van der Waals surface area contributed by atoms with Crippen LogP contribution in [-0.4, -0.2) is 20.9 Å². The summed E-state index contributed by atoms with van der Waals surface area (Å²) in [5, 5.41) is 9.71. The third kappa shape index (κ3) is 3.45. The normalized spacial score (nSPS) is 11.0. The number of phenols is 1. The zero-order valence-electron chi connectivity index (χ0n) is 11.9. The number of nitrogens with one attached hydrogen (secondary N) is 1. The second kappa shape index (κ2) is 6.78. The van der Waals surface area contributed by atoms with Crippen LogP contribution in [0.25, 0.3) is 11.0 Å². The van der Waals surface area contributed by atoms with Gasteiger partial charge < -0.3 is 10.1 Å². The highest BCUT2D eigenvalue weighted by Crippen LogP contribution is 2.33. The van der Waals surface area contributed by atoms with E-state index in [1.807, 2.05) is 6.07 Å². The van der Waals surface area contributed by atoms with Crippen molar-refractivity contribution >= 4 is 64.6 Å². The topological polar surface area (TPSA) is 83.0 Å². The molecule has 8 heteroatoms. The first-order valence-electron chi connectivity index (χ1n) is 6.75. The molecule has 122 valence electrons. The average Bonchev–Trinajstić information content (AvgIpc) is 2.53. The van der Waals surface area contributed by atoms with E-state index in [4.69, 9.17) is 0 Å². The van der Waals surface area contributed by atoms with Gasteiger partial charge in [-0.25, -0.2) is 4.98 Å². The molecule has 0 aliphatic rings. The number of nitrogens with zero attached hydrogens (tertiary/aromatic N) is 1. The summed E-state index contributed by atoms with van der Waals surface area (Å²) in [6, 6.07) is 8.34. The zero-order chi connectivity index (χ0) is 17.4. The van der Waals surface area contributed by atoms with Gasteiger partial charge in [-0.15, -0.1) is 0 Å². The van der Waals surface area contributed by atoms with E-state index in [-0.39, 0.29) is 23.6 Å². The van der Waals surface area contributed by atoms with E-state index in [0.29, 0.717) is 25.5 Å². The van der Waals surface area contributed by atoms with Crippen molar-refractivity contribution in [3.8, 4) is 5.75 Å². The molecule has 0 saturated carbocycles. The molecule has 2 N–H and O–H groups in total. The third-order valence-electron chi connectivity index (χ3n) is 3.39. The first kappa shape index (κ1) is 17.3. The molecule has 0 unspecified atom stereocenters. The fourth-order valence-electron chi connectivity index (χ4n) is 2.20. The molecule has 1 aromatic heterocycles. The van der Waals surface area contributed by atoms with Crippen molar-refractivity contribution in [3.05, 3.63) is 65.4 Å². The van der Waals surface area contributed by atoms with Crippen LogP contribution >= 0.6 is 47.8 Å². The van der Waals surface area contributed by atoms with Gasteiger partial charge in [0.1, 0.15) is 11.4 Å². The lowest BCUT2D eigenvalue weighted by Crippen LogP contribution is -2.19. The van der Waals surface area contributed by atoms with Crippen molar-refractivity contribution in [1.29, 1.82) is 0 Å². The van der Waals surface area contributed by atoms with Crippen LogP contribution in [0, 0.1) is 0 Å². The highest BCUT2D eigenvalue weighted by Gasteiger charge is 2.15. The number of aromatic hydroxyl groups is 1. The minimum absolute atomic E-state index is 0.0128. The van der Waals surface area contributed by atoms with E-state index in [9.17, 15) is 14.7 Å². The average molecular weight is 517 g/mol. The molecule has 2 aromatic carbocycles. The number of benzene rings is 2. The molecule has 0 aliphatic heterocycles. The molecule has 0 bridgehead atoms. The monoisotopic (exact) mass is 514 g/mol. The molecule has 3 rings (SSSR count). The van der Waals surface area contributed by atoms with E-state index in [1.54, 1.807) is 12.1 Å². The predicted octanol–water partition coefficient (Wildman–Crippen LogP) is 4.34. The summed E-state index contributed by atoms with van der Waals surface area (Å²) < 4.78 is 1.62. The largest absolute Gasteiger partial charge is 0.506 e. The summed E-state index contributed by atoms with van der Waals surface area (Å²) in [5.74, 6) is -0.260. The summed E-state index contributed by atoms with van der Waals surface area (Å²) in [7, 11) is 0. The molecule has 3 aromatic rings. The Morgan fingerprint density at radius 3 is 2.46 bits per heavy atom. The van der Waals surface area contributed by atoms with Crippen molar-refractivity contribution in [2.75, 3.05) is 0 Å². The van der Waals surface area contributed by atoms with Crippen LogP contribution in [0.5, 0.6) is 5.75 Å². The number of ketones is 1. The second-order valence-corrected chi connectivity index (χ2v) is 7.69. The molecule has 0 spiro atoms. The number of hydrogen-bond acceptors (Lipinski definition) is 4. The summed E-state index contributed by atoms with van der Waals surface area (Å²) >= 11 is 9.70. The lowest BCUT2D eigenvalue weighted by Gasteiger charge is -2.06. The Kier molecular flexibility index (Phi) is 4.89. The number of rotatable bonds is 3. The molecule has 5 nitrogen and oxygen atoms in total. The van der Waals surface area contributed by atoms with Crippen molar-refractivity contribution in [2.24, 2.45) is 0 Å². The Morgan fingerprint density at radius 2 is 1.79 bits per heavy atom. The Balaban J connectivity index is 1.97. The standard InChI is InChI=1S/C16H9Br3N2O3/c17-8-1-2-11-12(5-8)21-16(24)13(20-11)6-14(22)7-3-9(18)15(23)10(19)4-7/h1-5,23H,6H2,(H,21,24). The number of aromatic nitrogens is 2. The molecular weight excluding hydrogens is 508 g/mol. The van der Waals surface area contributed by atoms with Crippen LogP contribution in [0.1, 0.15) is 16.1 Å². The quantitative estimate of drug-likeness (QED) is 0.507. The Labute approximate surface area is 161 Å². The van der Waals surface area contributed by atoms with Crippen molar-refractivity contribution in [1.82, 2.24) is 9.97 Å². The van der Waals surface area contributed by atoms with Gasteiger partial charge in [-0.1, -0.05) is 15.9 Å². The highest BCUT2D eigenvalue weighted by molar-refractivity contribution is 9.11. The Hall–Kier alpha value is -1.51. The number of hydrogen-bond donors (Lipinski definition) is 2. The minimum atomic E-state index is -0.397. The maximum atomic E-state index is 12.4. The molecule has 0 fully saturated rings. The van der Waals surface area contributed by atoms with Gasteiger partial charge in [0, 0.05) is 10.0 Å².